The number of nitrogens with zero attached hydrogens (tertiary/aromatic N) is 3. The Kier molecular flexibility index (Phi) is 4.66. The number of imidazole rings is 1. The van der Waals surface area contributed by atoms with Gasteiger partial charge in [-0.3, -0.25) is 19.6 Å². The monoisotopic (exact) mass is 402 g/mol. The Morgan fingerprint density at radius 3 is 2.80 bits per heavy atom. The Morgan fingerprint density at radius 1 is 1.13 bits per heavy atom. The number of hydrogen-bond acceptors (Lipinski definition) is 4. The molecular formula is C22H22N6O2. The van der Waals surface area contributed by atoms with Gasteiger partial charge in [-0.05, 0) is 30.7 Å². The third-order valence-corrected chi connectivity index (χ3v) is 5.53. The van der Waals surface area contributed by atoms with E-state index >= 15 is 0 Å². The van der Waals surface area contributed by atoms with Crippen LogP contribution in [-0.2, 0) is 16.0 Å². The van der Waals surface area contributed by atoms with Crippen molar-refractivity contribution in [3.05, 3.63) is 54.4 Å². The molecule has 4 aromatic rings. The van der Waals surface area contributed by atoms with Gasteiger partial charge in [0.1, 0.15) is 5.82 Å². The van der Waals surface area contributed by atoms with Gasteiger partial charge in [-0.1, -0.05) is 24.3 Å². The van der Waals surface area contributed by atoms with E-state index in [0.29, 0.717) is 18.9 Å². The van der Waals surface area contributed by atoms with Crippen LogP contribution in [0.4, 0.5) is 5.82 Å². The normalized spacial score (nSPS) is 16.6. The third kappa shape index (κ3) is 3.41. The summed E-state index contributed by atoms with van der Waals surface area (Å²) in [5, 5.41) is 11.1. The number of aromatic nitrogens is 4. The molecule has 0 aliphatic carbocycles. The van der Waals surface area contributed by atoms with E-state index in [-0.39, 0.29) is 24.2 Å². The first-order valence-corrected chi connectivity index (χ1v) is 10.1. The molecule has 0 bridgehead atoms. The molecule has 2 aromatic heterocycles. The highest BCUT2D eigenvalue weighted by Gasteiger charge is 2.36. The Hall–Kier alpha value is -3.68. The van der Waals surface area contributed by atoms with Crippen molar-refractivity contribution in [1.29, 1.82) is 0 Å². The molecular weight excluding hydrogens is 380 g/mol. The summed E-state index contributed by atoms with van der Waals surface area (Å²) in [6.07, 6.45) is 1.74. The molecule has 0 unspecified atom stereocenters. The van der Waals surface area contributed by atoms with E-state index in [1.165, 1.54) is 0 Å². The van der Waals surface area contributed by atoms with Crippen molar-refractivity contribution in [3.63, 3.8) is 0 Å². The van der Waals surface area contributed by atoms with Crippen LogP contribution in [0.3, 0.4) is 0 Å². The molecule has 1 saturated heterocycles. The number of amides is 2. The largest absolute Gasteiger partial charge is 0.356 e. The maximum Gasteiger partial charge on any atom is 0.229 e. The first-order valence-electron chi connectivity index (χ1n) is 10.1. The Labute approximate surface area is 172 Å². The molecule has 3 heterocycles. The summed E-state index contributed by atoms with van der Waals surface area (Å²) >= 11 is 0. The first-order chi connectivity index (χ1) is 14.7. The number of nitrogens with one attached hydrogen (secondary N) is 3. The van der Waals surface area contributed by atoms with Crippen LogP contribution in [0.15, 0.2) is 48.5 Å². The maximum absolute atomic E-state index is 12.6. The minimum Gasteiger partial charge on any atom is -0.356 e. The van der Waals surface area contributed by atoms with E-state index in [2.05, 4.69) is 25.5 Å². The van der Waals surface area contributed by atoms with Crippen molar-refractivity contribution in [2.45, 2.75) is 19.3 Å². The zero-order valence-electron chi connectivity index (χ0n) is 16.4. The van der Waals surface area contributed by atoms with E-state index < -0.39 is 0 Å². The van der Waals surface area contributed by atoms with Crippen LogP contribution >= 0.6 is 0 Å². The zero-order valence-corrected chi connectivity index (χ0v) is 16.4. The molecule has 3 N–H and O–H groups in total. The molecule has 0 saturated carbocycles. The van der Waals surface area contributed by atoms with Crippen molar-refractivity contribution < 1.29 is 9.59 Å². The fraction of sp³-hybridized carbons (Fsp3) is 0.273. The summed E-state index contributed by atoms with van der Waals surface area (Å²) < 4.78 is 0. The molecule has 1 atom stereocenters. The van der Waals surface area contributed by atoms with Crippen LogP contribution < -0.4 is 10.2 Å². The summed E-state index contributed by atoms with van der Waals surface area (Å²) in [4.78, 5) is 34.5. The van der Waals surface area contributed by atoms with Crippen molar-refractivity contribution in [2.24, 2.45) is 5.92 Å². The van der Waals surface area contributed by atoms with Crippen LogP contribution in [0.25, 0.3) is 21.9 Å². The molecule has 30 heavy (non-hydrogen) atoms. The molecule has 2 amide bonds. The van der Waals surface area contributed by atoms with Gasteiger partial charge in [0.15, 0.2) is 5.82 Å². The number of hydrogen-bond donors (Lipinski definition) is 3. The van der Waals surface area contributed by atoms with Gasteiger partial charge in [0.25, 0.3) is 0 Å². The number of H-pyrrole nitrogens is 2. The predicted octanol–water partition coefficient (Wildman–Crippen LogP) is 2.54. The van der Waals surface area contributed by atoms with Gasteiger partial charge >= 0.3 is 0 Å². The first kappa shape index (κ1) is 18.4. The van der Waals surface area contributed by atoms with Crippen molar-refractivity contribution >= 4 is 39.6 Å². The predicted molar refractivity (Wildman–Crippen MR) is 114 cm³/mol. The highest BCUT2D eigenvalue weighted by Crippen LogP contribution is 2.29. The lowest BCUT2D eigenvalue weighted by Gasteiger charge is -2.14. The van der Waals surface area contributed by atoms with E-state index in [1.807, 2.05) is 48.5 Å². The topological polar surface area (TPSA) is 107 Å². The summed E-state index contributed by atoms with van der Waals surface area (Å²) in [5.41, 5.74) is 2.85. The molecule has 1 aliphatic rings. The van der Waals surface area contributed by atoms with Crippen LogP contribution in [-0.4, -0.2) is 45.1 Å². The Bertz CT molecular complexity index is 1190. The fourth-order valence-corrected chi connectivity index (χ4v) is 3.98. The maximum atomic E-state index is 12.6. The lowest BCUT2D eigenvalue weighted by molar-refractivity contribution is -0.126. The highest BCUT2D eigenvalue weighted by atomic mass is 16.2. The molecule has 1 aliphatic heterocycles. The minimum absolute atomic E-state index is 0.0744. The van der Waals surface area contributed by atoms with Gasteiger partial charge in [-0.25, -0.2) is 4.98 Å². The van der Waals surface area contributed by atoms with E-state index in [4.69, 9.17) is 0 Å². The van der Waals surface area contributed by atoms with Gasteiger partial charge in [0.2, 0.25) is 11.8 Å². The second-order valence-electron chi connectivity index (χ2n) is 7.59. The van der Waals surface area contributed by atoms with Crippen LogP contribution in [0, 0.1) is 5.92 Å². The van der Waals surface area contributed by atoms with Gasteiger partial charge in [0.05, 0.1) is 22.5 Å². The molecule has 0 radical (unpaired) electrons. The standard InChI is InChI=1S/C22H22N6O2/c29-20-12-14(13-28(20)21-15-6-1-2-7-16(15)26-27-21)22(30)23-11-5-10-19-24-17-8-3-4-9-18(17)25-19/h1-4,6-9,14H,5,10-13H2,(H,23,30)(H,24,25)(H,26,27)/t14-/m1/s1. The summed E-state index contributed by atoms with van der Waals surface area (Å²) in [7, 11) is 0. The Morgan fingerprint density at radius 2 is 1.93 bits per heavy atom. The average molecular weight is 402 g/mol. The molecule has 5 rings (SSSR count). The Balaban J connectivity index is 1.15. The number of aromatic amines is 2. The van der Waals surface area contributed by atoms with E-state index in [1.54, 1.807) is 4.90 Å². The molecule has 1 fully saturated rings. The van der Waals surface area contributed by atoms with Crippen LogP contribution in [0.5, 0.6) is 0 Å². The van der Waals surface area contributed by atoms with Crippen molar-refractivity contribution in [2.75, 3.05) is 18.0 Å². The summed E-state index contributed by atoms with van der Waals surface area (Å²) in [6.45, 7) is 0.898. The molecule has 152 valence electrons. The summed E-state index contributed by atoms with van der Waals surface area (Å²) in [6, 6.07) is 15.6. The second-order valence-corrected chi connectivity index (χ2v) is 7.59. The molecule has 2 aromatic carbocycles. The highest BCUT2D eigenvalue weighted by molar-refractivity contribution is 6.05. The molecule has 0 spiro atoms. The van der Waals surface area contributed by atoms with Crippen LogP contribution in [0.1, 0.15) is 18.7 Å². The van der Waals surface area contributed by atoms with E-state index in [0.717, 1.165) is 40.6 Å². The number of para-hydroxylation sites is 3. The quantitative estimate of drug-likeness (QED) is 0.431. The fourth-order valence-electron chi connectivity index (χ4n) is 3.98. The van der Waals surface area contributed by atoms with Gasteiger partial charge < -0.3 is 10.3 Å². The lowest BCUT2D eigenvalue weighted by atomic mass is 10.1. The smallest absolute Gasteiger partial charge is 0.229 e. The number of carbonyl (C=O) groups is 2. The second kappa shape index (κ2) is 7.62. The number of benzene rings is 2. The van der Waals surface area contributed by atoms with Gasteiger partial charge in [-0.2, -0.15) is 5.10 Å². The average Bonchev–Trinajstić information content (AvgIpc) is 3.46. The van der Waals surface area contributed by atoms with E-state index in [9.17, 15) is 9.59 Å². The zero-order chi connectivity index (χ0) is 20.5. The van der Waals surface area contributed by atoms with Gasteiger partial charge in [-0.15, -0.1) is 0 Å². The van der Waals surface area contributed by atoms with Gasteiger partial charge in [0, 0.05) is 31.3 Å². The lowest BCUT2D eigenvalue weighted by Crippen LogP contribution is -2.33. The minimum atomic E-state index is -0.362. The van der Waals surface area contributed by atoms with Crippen molar-refractivity contribution in [1.82, 2.24) is 25.5 Å². The summed E-state index contributed by atoms with van der Waals surface area (Å²) in [5.74, 6) is 0.984. The van der Waals surface area contributed by atoms with Crippen molar-refractivity contribution in [3.8, 4) is 0 Å². The number of aryl methyl sites for hydroxylation is 1. The number of fused-ring (bicyclic) bond motifs is 2. The number of rotatable bonds is 6. The third-order valence-electron chi connectivity index (χ3n) is 5.53. The molecule has 8 nitrogen and oxygen atoms in total. The molecule has 8 heteroatoms. The number of anilines is 1. The SMILES string of the molecule is O=C(NCCCc1nc2ccccc2[nH]1)[C@@H]1CC(=O)N(c2n[nH]c3ccccc23)C1. The van der Waals surface area contributed by atoms with Crippen LogP contribution in [0.2, 0.25) is 0 Å². The number of carbonyl (C=O) groups excluding carboxylic acids is 2.